The Morgan fingerprint density at radius 3 is 2.71 bits per heavy atom. The Balaban J connectivity index is 1.82. The van der Waals surface area contributed by atoms with Gasteiger partial charge in [0.05, 0.1) is 11.5 Å². The summed E-state index contributed by atoms with van der Waals surface area (Å²) in [5, 5.41) is 17.9. The highest BCUT2D eigenvalue weighted by Gasteiger charge is 2.43. The van der Waals surface area contributed by atoms with Crippen LogP contribution in [-0.4, -0.2) is 40.7 Å². The molecule has 0 aromatic carbocycles. The Morgan fingerprint density at radius 2 is 2.11 bits per heavy atom. The minimum Gasteiger partial charge on any atom is -0.361 e. The fourth-order valence-electron chi connectivity index (χ4n) is 3.02. The summed E-state index contributed by atoms with van der Waals surface area (Å²) in [5.41, 5.74) is 1.61. The largest absolute Gasteiger partial charge is 0.361 e. The monoisotopic (exact) mass is 397 g/mol. The van der Waals surface area contributed by atoms with Crippen molar-refractivity contribution in [1.82, 2.24) is 19.7 Å². The second-order valence-corrected chi connectivity index (χ2v) is 14.4. The molecule has 1 aliphatic carbocycles. The first-order chi connectivity index (χ1) is 13.3. The van der Waals surface area contributed by atoms with Crippen LogP contribution in [0.25, 0.3) is 11.4 Å². The number of nitrogens with zero attached hydrogens (tertiary/aromatic N) is 5. The Kier molecular flexibility index (Phi) is 5.77. The molecule has 0 saturated heterocycles. The number of aromatic nitrogens is 4. The third-order valence-electron chi connectivity index (χ3n) is 5.14. The van der Waals surface area contributed by atoms with Gasteiger partial charge in [-0.15, -0.1) is 10.2 Å². The number of nitriles is 1. The number of rotatable bonds is 9. The molecular weight excluding hydrogens is 370 g/mol. The summed E-state index contributed by atoms with van der Waals surface area (Å²) in [6.45, 7) is 9.95. The summed E-state index contributed by atoms with van der Waals surface area (Å²) in [6, 6.07) is 5.39. The number of pyridine rings is 1. The van der Waals surface area contributed by atoms with Crippen molar-refractivity contribution in [3.63, 3.8) is 0 Å². The molecule has 0 unspecified atom stereocenters. The highest BCUT2D eigenvalue weighted by atomic mass is 28.3. The van der Waals surface area contributed by atoms with E-state index in [2.05, 4.69) is 40.9 Å². The van der Waals surface area contributed by atoms with Crippen LogP contribution in [-0.2, 0) is 17.9 Å². The molecule has 0 amide bonds. The van der Waals surface area contributed by atoms with Gasteiger partial charge in [-0.1, -0.05) is 19.6 Å². The first-order valence-corrected chi connectivity index (χ1v) is 13.3. The van der Waals surface area contributed by atoms with E-state index in [1.807, 2.05) is 17.6 Å². The predicted octanol–water partition coefficient (Wildman–Crippen LogP) is 3.62. The smallest absolute Gasteiger partial charge is 0.168 e. The predicted molar refractivity (Wildman–Crippen MR) is 108 cm³/mol. The lowest BCUT2D eigenvalue weighted by Gasteiger charge is -2.16. The first kappa shape index (κ1) is 20.4. The average molecular weight is 398 g/mol. The van der Waals surface area contributed by atoms with Crippen molar-refractivity contribution in [2.24, 2.45) is 5.41 Å². The Hall–Kier alpha value is -2.37. The van der Waals surface area contributed by atoms with E-state index in [1.54, 1.807) is 6.20 Å². The van der Waals surface area contributed by atoms with Crippen LogP contribution < -0.4 is 0 Å². The second-order valence-electron chi connectivity index (χ2n) is 8.80. The van der Waals surface area contributed by atoms with Gasteiger partial charge in [0, 0.05) is 26.4 Å². The molecular formula is C20H27N5O2Si. The maximum Gasteiger partial charge on any atom is 0.168 e. The van der Waals surface area contributed by atoms with Crippen molar-refractivity contribution in [1.29, 1.82) is 5.26 Å². The number of ether oxygens (including phenoxy) is 1. The van der Waals surface area contributed by atoms with Crippen LogP contribution in [0.15, 0.2) is 12.3 Å². The van der Waals surface area contributed by atoms with Gasteiger partial charge < -0.3 is 4.74 Å². The van der Waals surface area contributed by atoms with Gasteiger partial charge >= 0.3 is 0 Å². The number of aldehydes is 1. The second kappa shape index (κ2) is 7.93. The van der Waals surface area contributed by atoms with Crippen molar-refractivity contribution in [2.75, 3.05) is 6.61 Å². The number of hydrogen-bond acceptors (Lipinski definition) is 6. The molecule has 0 bridgehead atoms. The lowest BCUT2D eigenvalue weighted by atomic mass is 9.96. The minimum atomic E-state index is -1.14. The van der Waals surface area contributed by atoms with Gasteiger partial charge in [-0.05, 0) is 43.9 Å². The van der Waals surface area contributed by atoms with E-state index < -0.39 is 8.07 Å². The molecule has 2 aromatic heterocycles. The maximum atomic E-state index is 11.4. The topological polar surface area (TPSA) is 93.7 Å². The first-order valence-electron chi connectivity index (χ1n) is 9.60. The third kappa shape index (κ3) is 4.72. The van der Waals surface area contributed by atoms with Crippen LogP contribution in [0, 0.1) is 23.7 Å². The molecule has 0 radical (unpaired) electrons. The molecule has 8 heteroatoms. The van der Waals surface area contributed by atoms with Crippen LogP contribution in [0.2, 0.25) is 25.7 Å². The molecule has 0 spiro atoms. The van der Waals surface area contributed by atoms with Crippen molar-refractivity contribution in [3.05, 3.63) is 29.3 Å². The van der Waals surface area contributed by atoms with E-state index >= 15 is 0 Å². The van der Waals surface area contributed by atoms with Crippen LogP contribution in [0.4, 0.5) is 0 Å². The third-order valence-corrected chi connectivity index (χ3v) is 6.85. The van der Waals surface area contributed by atoms with E-state index in [0.717, 1.165) is 42.1 Å². The van der Waals surface area contributed by atoms with E-state index in [9.17, 15) is 10.1 Å². The number of hydrogen-bond donors (Lipinski definition) is 0. The van der Waals surface area contributed by atoms with Gasteiger partial charge in [-0.3, -0.25) is 14.3 Å². The molecule has 3 rings (SSSR count). The lowest BCUT2D eigenvalue weighted by molar-refractivity contribution is 0.0867. The maximum absolute atomic E-state index is 11.4. The van der Waals surface area contributed by atoms with Crippen LogP contribution >= 0.6 is 0 Å². The van der Waals surface area contributed by atoms with Crippen LogP contribution in [0.1, 0.15) is 34.7 Å². The zero-order chi connectivity index (χ0) is 20.4. The molecule has 1 fully saturated rings. The molecule has 1 aliphatic rings. The Bertz CT molecular complexity index is 906. The summed E-state index contributed by atoms with van der Waals surface area (Å²) in [7, 11) is -1.14. The van der Waals surface area contributed by atoms with Crippen LogP contribution in [0.5, 0.6) is 0 Å². The fourth-order valence-corrected chi connectivity index (χ4v) is 3.77. The summed E-state index contributed by atoms with van der Waals surface area (Å²) in [6.07, 6.45) is 4.67. The zero-order valence-corrected chi connectivity index (χ0v) is 18.0. The van der Waals surface area contributed by atoms with E-state index in [-0.39, 0.29) is 5.41 Å². The molecule has 148 valence electrons. The summed E-state index contributed by atoms with van der Waals surface area (Å²) >= 11 is 0. The van der Waals surface area contributed by atoms with Crippen molar-refractivity contribution in [3.8, 4) is 17.5 Å². The van der Waals surface area contributed by atoms with E-state index in [0.29, 0.717) is 31.3 Å². The van der Waals surface area contributed by atoms with E-state index in [4.69, 9.17) is 4.74 Å². The molecule has 28 heavy (non-hydrogen) atoms. The number of carbonyl (C=O) groups is 1. The van der Waals surface area contributed by atoms with Crippen LogP contribution in [0.3, 0.4) is 0 Å². The quantitative estimate of drug-likeness (QED) is 0.364. The number of aryl methyl sites for hydroxylation is 1. The molecule has 1 saturated carbocycles. The normalized spacial score (nSPS) is 15.2. The average Bonchev–Trinajstić information content (AvgIpc) is 3.33. The Labute approximate surface area is 166 Å². The summed E-state index contributed by atoms with van der Waals surface area (Å²) < 4.78 is 7.80. The highest BCUT2D eigenvalue weighted by Crippen LogP contribution is 2.48. The molecule has 7 nitrogen and oxygen atoms in total. The molecule has 2 aromatic rings. The summed E-state index contributed by atoms with van der Waals surface area (Å²) in [4.78, 5) is 15.7. The van der Waals surface area contributed by atoms with Gasteiger partial charge in [0.1, 0.15) is 18.2 Å². The molecule has 0 aliphatic heterocycles. The van der Waals surface area contributed by atoms with E-state index in [1.165, 1.54) is 0 Å². The standard InChI is InChI=1S/C20H27N5O2Si/c1-15-23-24-19(25(15)14-27-7-8-28(2,3)4)17-9-16(18(12-26)22-11-17)10-20(13-21)5-6-20/h9,11-12H,5-8,10,14H2,1-4H3. The SMILES string of the molecule is Cc1nnc(-c2cnc(C=O)c(CC3(C#N)CC3)c2)n1COCC[Si](C)(C)C. The minimum absolute atomic E-state index is 0.346. The zero-order valence-electron chi connectivity index (χ0n) is 17.0. The van der Waals surface area contributed by atoms with Crippen molar-refractivity contribution >= 4 is 14.4 Å². The van der Waals surface area contributed by atoms with Gasteiger partial charge in [0.15, 0.2) is 12.1 Å². The van der Waals surface area contributed by atoms with Gasteiger partial charge in [-0.25, -0.2) is 0 Å². The molecule has 2 heterocycles. The van der Waals surface area contributed by atoms with Crippen molar-refractivity contribution in [2.45, 2.75) is 58.6 Å². The molecule has 0 N–H and O–H groups in total. The summed E-state index contributed by atoms with van der Waals surface area (Å²) in [5.74, 6) is 1.43. The fraction of sp³-hybridized carbons (Fsp3) is 0.550. The molecule has 0 atom stereocenters. The van der Waals surface area contributed by atoms with Gasteiger partial charge in [0.2, 0.25) is 0 Å². The highest BCUT2D eigenvalue weighted by molar-refractivity contribution is 6.76. The lowest BCUT2D eigenvalue weighted by Crippen LogP contribution is -2.22. The van der Waals surface area contributed by atoms with Crippen molar-refractivity contribution < 1.29 is 9.53 Å². The van der Waals surface area contributed by atoms with Gasteiger partial charge in [-0.2, -0.15) is 5.26 Å². The Morgan fingerprint density at radius 1 is 1.36 bits per heavy atom. The number of carbonyl (C=O) groups excluding carboxylic acids is 1. The van der Waals surface area contributed by atoms with Gasteiger partial charge in [0.25, 0.3) is 0 Å².